The molecule has 4 heteroatoms. The lowest BCUT2D eigenvalue weighted by Gasteiger charge is -2.32. The molecule has 1 heterocycles. The number of nitrogens with zero attached hydrogens (tertiary/aromatic N) is 1. The van der Waals surface area contributed by atoms with Gasteiger partial charge in [-0.3, -0.25) is 15.0 Å². The Morgan fingerprint density at radius 2 is 1.95 bits per heavy atom. The van der Waals surface area contributed by atoms with Gasteiger partial charge in [0.25, 0.3) is 0 Å². The molecular weight excluding hydrogens is 238 g/mol. The molecule has 1 atom stereocenters. The van der Waals surface area contributed by atoms with E-state index in [1.54, 1.807) is 0 Å². The van der Waals surface area contributed by atoms with Gasteiger partial charge in [0.2, 0.25) is 5.91 Å². The molecule has 0 aromatic heterocycles. The Hall–Kier alpha value is -1.39. The molecule has 2 aliphatic rings. The van der Waals surface area contributed by atoms with Crippen molar-refractivity contribution in [3.05, 3.63) is 35.4 Å². The van der Waals surface area contributed by atoms with E-state index in [9.17, 15) is 4.79 Å². The lowest BCUT2D eigenvalue weighted by molar-refractivity contribution is -0.124. The highest BCUT2D eigenvalue weighted by Gasteiger charge is 2.39. The summed E-state index contributed by atoms with van der Waals surface area (Å²) in [7, 11) is 0. The summed E-state index contributed by atoms with van der Waals surface area (Å²) in [5.41, 5.74) is 7.70. The van der Waals surface area contributed by atoms with E-state index in [4.69, 9.17) is 5.73 Å². The molecule has 1 aromatic rings. The van der Waals surface area contributed by atoms with Gasteiger partial charge in [-0.2, -0.15) is 0 Å². The lowest BCUT2D eigenvalue weighted by atomic mass is 10.0. The Kier molecular flexibility index (Phi) is 3.07. The minimum absolute atomic E-state index is 0.254. The predicted octanol–water partition coefficient (Wildman–Crippen LogP) is 0.998. The summed E-state index contributed by atoms with van der Waals surface area (Å²) < 4.78 is 0. The maximum absolute atomic E-state index is 11.8. The number of rotatable bonds is 5. The second-order valence-corrected chi connectivity index (χ2v) is 6.03. The van der Waals surface area contributed by atoms with Gasteiger partial charge in [-0.25, -0.2) is 0 Å². The average Bonchev–Trinajstić information content (AvgIpc) is 3.06. The van der Waals surface area contributed by atoms with Gasteiger partial charge in [0, 0.05) is 25.7 Å². The molecule has 0 spiro atoms. The van der Waals surface area contributed by atoms with Gasteiger partial charge in [0.15, 0.2) is 0 Å². The summed E-state index contributed by atoms with van der Waals surface area (Å²) in [6.45, 7) is 4.42. The normalized spacial score (nSPS) is 21.9. The SMILES string of the molecule is CC(CN1Cc2ccccc2C1)(NC1CC1)C(N)=O. The zero-order valence-electron chi connectivity index (χ0n) is 11.4. The Balaban J connectivity index is 1.69. The van der Waals surface area contributed by atoms with Crippen molar-refractivity contribution in [1.29, 1.82) is 0 Å². The average molecular weight is 259 g/mol. The molecule has 1 aliphatic heterocycles. The van der Waals surface area contributed by atoms with E-state index in [0.717, 1.165) is 25.9 Å². The van der Waals surface area contributed by atoms with Gasteiger partial charge in [-0.15, -0.1) is 0 Å². The van der Waals surface area contributed by atoms with Crippen molar-refractivity contribution in [2.75, 3.05) is 6.54 Å². The minimum Gasteiger partial charge on any atom is -0.368 e. The van der Waals surface area contributed by atoms with Crippen LogP contribution in [0.25, 0.3) is 0 Å². The summed E-state index contributed by atoms with van der Waals surface area (Å²) >= 11 is 0. The second kappa shape index (κ2) is 4.62. The first kappa shape index (κ1) is 12.6. The van der Waals surface area contributed by atoms with E-state index < -0.39 is 5.54 Å². The molecule has 4 nitrogen and oxygen atoms in total. The van der Waals surface area contributed by atoms with Gasteiger partial charge in [-0.1, -0.05) is 24.3 Å². The first-order valence-electron chi connectivity index (χ1n) is 6.93. The fourth-order valence-electron chi connectivity index (χ4n) is 2.84. The molecule has 0 radical (unpaired) electrons. The van der Waals surface area contributed by atoms with E-state index >= 15 is 0 Å². The molecule has 1 unspecified atom stereocenters. The highest BCUT2D eigenvalue weighted by atomic mass is 16.1. The number of hydrogen-bond donors (Lipinski definition) is 2. The Bertz CT molecular complexity index is 473. The van der Waals surface area contributed by atoms with Gasteiger partial charge in [-0.05, 0) is 30.9 Å². The van der Waals surface area contributed by atoms with Crippen molar-refractivity contribution >= 4 is 5.91 Å². The minimum atomic E-state index is -0.622. The smallest absolute Gasteiger partial charge is 0.238 e. The highest BCUT2D eigenvalue weighted by Crippen LogP contribution is 2.26. The summed E-state index contributed by atoms with van der Waals surface area (Å²) in [5.74, 6) is -0.254. The lowest BCUT2D eigenvalue weighted by Crippen LogP contribution is -2.59. The van der Waals surface area contributed by atoms with Crippen LogP contribution < -0.4 is 11.1 Å². The molecule has 1 saturated carbocycles. The van der Waals surface area contributed by atoms with Crippen molar-refractivity contribution in [2.24, 2.45) is 5.73 Å². The van der Waals surface area contributed by atoms with E-state index in [2.05, 4.69) is 34.5 Å². The Morgan fingerprint density at radius 1 is 1.37 bits per heavy atom. The topological polar surface area (TPSA) is 58.4 Å². The second-order valence-electron chi connectivity index (χ2n) is 6.03. The fraction of sp³-hybridized carbons (Fsp3) is 0.533. The maximum Gasteiger partial charge on any atom is 0.238 e. The third-order valence-corrected chi connectivity index (χ3v) is 4.09. The molecule has 1 aliphatic carbocycles. The quantitative estimate of drug-likeness (QED) is 0.829. The molecule has 0 saturated heterocycles. The molecule has 102 valence electrons. The Labute approximate surface area is 114 Å². The van der Waals surface area contributed by atoms with Gasteiger partial charge < -0.3 is 5.73 Å². The van der Waals surface area contributed by atoms with E-state index in [1.807, 2.05) is 6.92 Å². The van der Waals surface area contributed by atoms with Crippen LogP contribution in [0, 0.1) is 0 Å². The van der Waals surface area contributed by atoms with Gasteiger partial charge in [0.1, 0.15) is 5.54 Å². The fourth-order valence-corrected chi connectivity index (χ4v) is 2.84. The van der Waals surface area contributed by atoms with Crippen molar-refractivity contribution in [1.82, 2.24) is 10.2 Å². The zero-order chi connectivity index (χ0) is 13.5. The summed E-state index contributed by atoms with van der Waals surface area (Å²) in [6, 6.07) is 8.93. The van der Waals surface area contributed by atoms with Crippen LogP contribution in [-0.4, -0.2) is 28.9 Å². The number of carbonyl (C=O) groups is 1. The number of nitrogens with two attached hydrogens (primary N) is 1. The number of fused-ring (bicyclic) bond motifs is 1. The summed E-state index contributed by atoms with van der Waals surface area (Å²) in [6.07, 6.45) is 2.31. The molecular formula is C15H21N3O. The van der Waals surface area contributed by atoms with Crippen LogP contribution in [0.1, 0.15) is 30.9 Å². The predicted molar refractivity (Wildman–Crippen MR) is 74.3 cm³/mol. The number of benzene rings is 1. The molecule has 1 aromatic carbocycles. The van der Waals surface area contributed by atoms with Crippen LogP contribution in [0.4, 0.5) is 0 Å². The molecule has 19 heavy (non-hydrogen) atoms. The van der Waals surface area contributed by atoms with Crippen LogP contribution in [0.3, 0.4) is 0 Å². The van der Waals surface area contributed by atoms with Crippen LogP contribution in [0.5, 0.6) is 0 Å². The highest BCUT2D eigenvalue weighted by molar-refractivity contribution is 5.84. The van der Waals surface area contributed by atoms with Crippen LogP contribution in [-0.2, 0) is 17.9 Å². The van der Waals surface area contributed by atoms with Crippen molar-refractivity contribution in [3.8, 4) is 0 Å². The van der Waals surface area contributed by atoms with Crippen LogP contribution in [0.15, 0.2) is 24.3 Å². The Morgan fingerprint density at radius 3 is 2.42 bits per heavy atom. The third-order valence-electron chi connectivity index (χ3n) is 4.09. The third kappa shape index (κ3) is 2.65. The first-order chi connectivity index (χ1) is 9.07. The number of hydrogen-bond acceptors (Lipinski definition) is 3. The molecule has 0 bridgehead atoms. The van der Waals surface area contributed by atoms with Crippen molar-refractivity contribution in [2.45, 2.75) is 44.4 Å². The van der Waals surface area contributed by atoms with Crippen LogP contribution in [0.2, 0.25) is 0 Å². The van der Waals surface area contributed by atoms with E-state index in [-0.39, 0.29) is 5.91 Å². The van der Waals surface area contributed by atoms with E-state index in [0.29, 0.717) is 12.6 Å². The van der Waals surface area contributed by atoms with Crippen LogP contribution >= 0.6 is 0 Å². The molecule has 1 amide bonds. The first-order valence-corrected chi connectivity index (χ1v) is 6.93. The standard InChI is InChI=1S/C15H21N3O/c1-15(14(16)19,17-13-6-7-13)10-18-8-11-4-2-3-5-12(11)9-18/h2-5,13,17H,6-10H2,1H3,(H2,16,19). The van der Waals surface area contributed by atoms with Gasteiger partial charge in [0.05, 0.1) is 0 Å². The molecule has 3 rings (SSSR count). The number of carbonyl (C=O) groups excluding carboxylic acids is 1. The summed E-state index contributed by atoms with van der Waals surface area (Å²) in [4.78, 5) is 14.1. The number of nitrogens with one attached hydrogen (secondary N) is 1. The van der Waals surface area contributed by atoms with E-state index in [1.165, 1.54) is 11.1 Å². The van der Waals surface area contributed by atoms with Crippen molar-refractivity contribution in [3.63, 3.8) is 0 Å². The maximum atomic E-state index is 11.8. The number of amides is 1. The molecule has 3 N–H and O–H groups in total. The largest absolute Gasteiger partial charge is 0.368 e. The molecule has 1 fully saturated rings. The van der Waals surface area contributed by atoms with Gasteiger partial charge >= 0.3 is 0 Å². The number of primary amides is 1. The zero-order valence-corrected chi connectivity index (χ0v) is 11.4. The monoisotopic (exact) mass is 259 g/mol. The van der Waals surface area contributed by atoms with Crippen molar-refractivity contribution < 1.29 is 4.79 Å². The summed E-state index contributed by atoms with van der Waals surface area (Å²) in [5, 5.41) is 3.40.